The van der Waals surface area contributed by atoms with E-state index in [1.165, 1.54) is 49.8 Å². The number of benzene rings is 1. The maximum absolute atomic E-state index is 13.0. The Bertz CT molecular complexity index is 690. The zero-order chi connectivity index (χ0) is 17.1. The van der Waals surface area contributed by atoms with Crippen molar-refractivity contribution in [1.82, 2.24) is 9.88 Å². The molecule has 2 heterocycles. The summed E-state index contributed by atoms with van der Waals surface area (Å²) in [6.45, 7) is 5.40. The van der Waals surface area contributed by atoms with Gasteiger partial charge >= 0.3 is 0 Å². The summed E-state index contributed by atoms with van der Waals surface area (Å²) in [5, 5.41) is 0. The van der Waals surface area contributed by atoms with E-state index in [9.17, 15) is 4.39 Å². The van der Waals surface area contributed by atoms with Crippen molar-refractivity contribution < 1.29 is 48.5 Å². The number of anilines is 1. The van der Waals surface area contributed by atoms with Crippen molar-refractivity contribution in [2.24, 2.45) is 0 Å². The predicted molar refractivity (Wildman–Crippen MR) is 99.8 cm³/mol. The van der Waals surface area contributed by atoms with Gasteiger partial charge in [-0.2, -0.15) is 11.9 Å². The molecular weight excluding hydrogens is 540 g/mol. The van der Waals surface area contributed by atoms with Crippen LogP contribution in [0.4, 0.5) is 10.1 Å². The largest absolute Gasteiger partial charge is 0.667 e. The smallest absolute Gasteiger partial charge is 0.123 e. The maximum atomic E-state index is 13.0. The number of rotatable bonds is 5. The molecule has 0 bridgehead atoms. The molecule has 1 radical (unpaired) electrons. The van der Waals surface area contributed by atoms with Gasteiger partial charge in [0.05, 0.1) is 0 Å². The number of nitrogens with zero attached hydrogens (tertiary/aromatic N) is 3. The summed E-state index contributed by atoms with van der Waals surface area (Å²) in [7, 11) is 0. The second kappa shape index (κ2) is 9.71. The standard InChI is InChI=1S/C21H27FN3.Ac/c22-18-7-9-19(10-8-18)25-14-12-24(13-15-25)11-3-4-17-16-23-21-6-2-1-5-20(17)21;/h7-10,16H,1-6,11-15H2;/q-1;. The van der Waals surface area contributed by atoms with E-state index in [1.807, 2.05) is 12.1 Å². The van der Waals surface area contributed by atoms with Gasteiger partial charge < -0.3 is 9.88 Å². The minimum Gasteiger partial charge on any atom is -0.667 e. The van der Waals surface area contributed by atoms with Crippen molar-refractivity contribution in [3.63, 3.8) is 0 Å². The summed E-state index contributed by atoms with van der Waals surface area (Å²) in [5.41, 5.74) is 5.57. The third kappa shape index (κ3) is 4.91. The number of aromatic nitrogens is 1. The Hall–Kier alpha value is -0.368. The number of hydrogen-bond acceptors (Lipinski definition) is 2. The molecule has 1 saturated heterocycles. The summed E-state index contributed by atoms with van der Waals surface area (Å²) in [6.07, 6.45) is 9.57. The molecule has 0 unspecified atom stereocenters. The van der Waals surface area contributed by atoms with Crippen molar-refractivity contribution >= 4 is 5.69 Å². The predicted octanol–water partition coefficient (Wildman–Crippen LogP) is 3.42. The number of hydrogen-bond donors (Lipinski definition) is 0. The Kier molecular flexibility index (Phi) is 7.61. The fourth-order valence-electron chi connectivity index (χ4n) is 4.20. The topological polar surface area (TPSA) is 20.6 Å². The minimum atomic E-state index is -0.161. The van der Waals surface area contributed by atoms with Gasteiger partial charge in [0.2, 0.25) is 0 Å². The Labute approximate surface area is 191 Å². The van der Waals surface area contributed by atoms with Crippen LogP contribution >= 0.6 is 0 Å². The van der Waals surface area contributed by atoms with Gasteiger partial charge in [-0.3, -0.25) is 4.90 Å². The first-order chi connectivity index (χ1) is 12.3. The molecule has 5 heteroatoms. The van der Waals surface area contributed by atoms with Crippen molar-refractivity contribution in [3.05, 3.63) is 53.1 Å². The van der Waals surface area contributed by atoms with Gasteiger partial charge in [-0.1, -0.05) is 17.5 Å². The first-order valence-corrected chi connectivity index (χ1v) is 9.65. The van der Waals surface area contributed by atoms with Crippen LogP contribution in [0.1, 0.15) is 36.1 Å². The first-order valence-electron chi connectivity index (χ1n) is 9.65. The van der Waals surface area contributed by atoms with Crippen molar-refractivity contribution in [3.8, 4) is 0 Å². The van der Waals surface area contributed by atoms with Crippen LogP contribution in [0.25, 0.3) is 0 Å². The molecule has 3 nitrogen and oxygen atoms in total. The molecule has 137 valence electrons. The fourth-order valence-corrected chi connectivity index (χ4v) is 4.20. The van der Waals surface area contributed by atoms with E-state index in [0.29, 0.717) is 0 Å². The van der Waals surface area contributed by atoms with Crippen LogP contribution in [-0.4, -0.2) is 37.6 Å². The van der Waals surface area contributed by atoms with Gasteiger partial charge in [0.1, 0.15) is 5.82 Å². The van der Waals surface area contributed by atoms with Crippen LogP contribution in [0.3, 0.4) is 0 Å². The average molecular weight is 567 g/mol. The van der Waals surface area contributed by atoms with E-state index >= 15 is 0 Å². The summed E-state index contributed by atoms with van der Waals surface area (Å²) >= 11 is 0. The summed E-state index contributed by atoms with van der Waals surface area (Å²) in [5.74, 6) is -0.161. The van der Waals surface area contributed by atoms with E-state index in [4.69, 9.17) is 0 Å². The van der Waals surface area contributed by atoms with Crippen LogP contribution in [0.15, 0.2) is 30.5 Å². The third-order valence-corrected chi connectivity index (χ3v) is 5.69. The quantitative estimate of drug-likeness (QED) is 0.553. The molecule has 1 aliphatic carbocycles. The molecule has 0 spiro atoms. The number of aryl methyl sites for hydroxylation is 2. The molecule has 0 saturated carbocycles. The summed E-state index contributed by atoms with van der Waals surface area (Å²) < 4.78 is 13.0. The molecule has 1 aliphatic heterocycles. The van der Waals surface area contributed by atoms with Crippen LogP contribution in [0, 0.1) is 49.9 Å². The molecule has 1 aromatic heterocycles. The number of fused-ring (bicyclic) bond motifs is 1. The molecule has 26 heavy (non-hydrogen) atoms. The van der Waals surface area contributed by atoms with Crippen LogP contribution in [0.2, 0.25) is 0 Å². The van der Waals surface area contributed by atoms with E-state index < -0.39 is 0 Å². The molecule has 0 amide bonds. The SMILES string of the molecule is Fc1ccc(N2CCN(CCCc3c[n-]c4c3CCCC4)CC2)cc1.[Ac]. The molecule has 1 aromatic carbocycles. The van der Waals surface area contributed by atoms with E-state index in [-0.39, 0.29) is 49.9 Å². The van der Waals surface area contributed by atoms with Crippen LogP contribution in [-0.2, 0) is 19.3 Å². The van der Waals surface area contributed by atoms with Gasteiger partial charge in [0.25, 0.3) is 0 Å². The Morgan fingerprint density at radius 1 is 0.962 bits per heavy atom. The Morgan fingerprint density at radius 3 is 2.46 bits per heavy atom. The first kappa shape index (κ1) is 20.4. The normalized spacial score (nSPS) is 17.7. The van der Waals surface area contributed by atoms with Crippen molar-refractivity contribution in [2.75, 3.05) is 37.6 Å². The molecule has 0 atom stereocenters. The van der Waals surface area contributed by atoms with Gasteiger partial charge in [-0.15, -0.1) is 0 Å². The molecule has 2 aliphatic rings. The summed E-state index contributed by atoms with van der Waals surface area (Å²) in [6, 6.07) is 6.87. The second-order valence-corrected chi connectivity index (χ2v) is 7.32. The second-order valence-electron chi connectivity index (χ2n) is 7.32. The minimum absolute atomic E-state index is 0. The van der Waals surface area contributed by atoms with Crippen molar-refractivity contribution in [2.45, 2.75) is 38.5 Å². The fraction of sp³-hybridized carbons (Fsp3) is 0.524. The third-order valence-electron chi connectivity index (χ3n) is 5.69. The molecular formula is C21H27AcFN3-. The van der Waals surface area contributed by atoms with E-state index in [2.05, 4.69) is 21.0 Å². The number of halogens is 1. The average Bonchev–Trinajstić information content (AvgIpc) is 3.06. The molecule has 0 N–H and O–H groups in total. The van der Waals surface area contributed by atoms with Crippen LogP contribution < -0.4 is 9.88 Å². The van der Waals surface area contributed by atoms with Gasteiger partial charge in [0, 0.05) is 75.9 Å². The van der Waals surface area contributed by atoms with Gasteiger partial charge in [-0.05, 0) is 62.9 Å². The molecule has 1 fully saturated rings. The van der Waals surface area contributed by atoms with E-state index in [1.54, 1.807) is 17.7 Å². The molecule has 4 rings (SSSR count). The summed E-state index contributed by atoms with van der Waals surface area (Å²) in [4.78, 5) is 9.54. The van der Waals surface area contributed by atoms with E-state index in [0.717, 1.165) is 38.4 Å². The monoisotopic (exact) mass is 567 g/mol. The maximum Gasteiger partial charge on any atom is 0.123 e. The Morgan fingerprint density at radius 2 is 1.69 bits per heavy atom. The van der Waals surface area contributed by atoms with Crippen LogP contribution in [0.5, 0.6) is 0 Å². The Balaban J connectivity index is 0.00000196. The zero-order valence-corrected chi connectivity index (χ0v) is 20.2. The molecule has 2 aromatic rings. The number of piperazine rings is 1. The van der Waals surface area contributed by atoms with Gasteiger partial charge in [-0.25, -0.2) is 4.39 Å². The zero-order valence-electron chi connectivity index (χ0n) is 15.5. The van der Waals surface area contributed by atoms with Gasteiger partial charge in [0.15, 0.2) is 0 Å². The van der Waals surface area contributed by atoms with Crippen molar-refractivity contribution in [1.29, 1.82) is 0 Å².